The summed E-state index contributed by atoms with van der Waals surface area (Å²) in [6, 6.07) is 3.90. The lowest BCUT2D eigenvalue weighted by Crippen LogP contribution is -1.93. The Bertz CT molecular complexity index is 472. The fourth-order valence-corrected chi connectivity index (χ4v) is 1.94. The Morgan fingerprint density at radius 3 is 2.81 bits per heavy atom. The van der Waals surface area contributed by atoms with E-state index in [9.17, 15) is 0 Å². The zero-order valence-electron chi connectivity index (χ0n) is 8.58. The molecule has 0 radical (unpaired) electrons. The fraction of sp³-hybridized carbons (Fsp3) is 0.0909. The highest BCUT2D eigenvalue weighted by Crippen LogP contribution is 2.26. The molecule has 0 saturated carbocycles. The highest BCUT2D eigenvalue weighted by atomic mass is 32.2. The van der Waals surface area contributed by atoms with Crippen LogP contribution in [-0.4, -0.2) is 25.7 Å². The lowest BCUT2D eigenvalue weighted by Gasteiger charge is -2.04. The summed E-state index contributed by atoms with van der Waals surface area (Å²) in [5.41, 5.74) is 0.789. The predicted octanol–water partition coefficient (Wildman–Crippen LogP) is 2.21. The Labute approximate surface area is 97.9 Å². The van der Waals surface area contributed by atoms with E-state index < -0.39 is 0 Å². The van der Waals surface area contributed by atoms with Crippen LogP contribution in [0.3, 0.4) is 0 Å². The molecule has 80 valence electrons. The second-order valence-electron chi connectivity index (χ2n) is 2.91. The van der Waals surface area contributed by atoms with Crippen molar-refractivity contribution in [2.45, 2.75) is 4.90 Å². The van der Waals surface area contributed by atoms with Gasteiger partial charge in [-0.2, -0.15) is 0 Å². The molecule has 2 aromatic rings. The summed E-state index contributed by atoms with van der Waals surface area (Å²) in [4.78, 5) is 17.3. The Morgan fingerprint density at radius 2 is 2.06 bits per heavy atom. The van der Waals surface area contributed by atoms with Gasteiger partial charge in [0, 0.05) is 16.8 Å². The third-order valence-electron chi connectivity index (χ3n) is 1.83. The van der Waals surface area contributed by atoms with Crippen LogP contribution < -0.4 is 0 Å². The molecule has 0 bridgehead atoms. The summed E-state index contributed by atoms with van der Waals surface area (Å²) in [5.74, 6) is 1.44. The molecule has 0 aliphatic heterocycles. The van der Waals surface area contributed by atoms with E-state index in [1.54, 1.807) is 18.0 Å². The lowest BCUT2D eigenvalue weighted by atomic mass is 10.3. The highest BCUT2D eigenvalue weighted by Gasteiger charge is 2.08. The van der Waals surface area contributed by atoms with E-state index >= 15 is 0 Å². The Morgan fingerprint density at radius 1 is 1.25 bits per heavy atom. The number of hydrogen-bond acceptors (Lipinski definition) is 5. The molecule has 0 spiro atoms. The molecule has 0 N–H and O–H groups in total. The number of pyridine rings is 1. The third kappa shape index (κ3) is 2.43. The van der Waals surface area contributed by atoms with E-state index in [4.69, 9.17) is 0 Å². The van der Waals surface area contributed by atoms with Crippen molar-refractivity contribution in [1.82, 2.24) is 19.9 Å². The summed E-state index contributed by atoms with van der Waals surface area (Å²) in [5, 5.41) is 0. The van der Waals surface area contributed by atoms with Gasteiger partial charge in [-0.1, -0.05) is 6.08 Å². The first-order valence-electron chi connectivity index (χ1n) is 4.73. The minimum absolute atomic E-state index is 0.599. The maximum Gasteiger partial charge on any atom is 0.182 e. The summed E-state index contributed by atoms with van der Waals surface area (Å²) in [7, 11) is 0. The molecule has 0 aliphatic rings. The first kappa shape index (κ1) is 10.8. The number of thioether (sulfide) groups is 1. The van der Waals surface area contributed by atoms with Crippen molar-refractivity contribution in [2.75, 3.05) is 5.75 Å². The first-order valence-corrected chi connectivity index (χ1v) is 5.71. The van der Waals surface area contributed by atoms with E-state index in [0.717, 1.165) is 16.3 Å². The van der Waals surface area contributed by atoms with Crippen molar-refractivity contribution in [1.29, 1.82) is 0 Å². The molecular formula is C11H10N4S. The lowest BCUT2D eigenvalue weighted by molar-refractivity contribution is 1.03. The van der Waals surface area contributed by atoms with Gasteiger partial charge in [0.1, 0.15) is 18.3 Å². The molecule has 0 aromatic carbocycles. The second kappa shape index (κ2) is 5.37. The van der Waals surface area contributed by atoms with Crippen LogP contribution in [0.4, 0.5) is 0 Å². The average molecular weight is 230 g/mol. The maximum absolute atomic E-state index is 4.29. The monoisotopic (exact) mass is 230 g/mol. The summed E-state index contributed by atoms with van der Waals surface area (Å²) >= 11 is 1.66. The summed E-state index contributed by atoms with van der Waals surface area (Å²) in [6.07, 6.45) is 6.53. The third-order valence-corrected chi connectivity index (χ3v) is 2.88. The summed E-state index contributed by atoms with van der Waals surface area (Å²) < 4.78 is 0. The smallest absolute Gasteiger partial charge is 0.182 e. The van der Waals surface area contributed by atoms with Gasteiger partial charge in [-0.15, -0.1) is 18.3 Å². The van der Waals surface area contributed by atoms with Crippen LogP contribution in [-0.2, 0) is 0 Å². The normalized spacial score (nSPS) is 10.0. The van der Waals surface area contributed by atoms with Crippen LogP contribution in [0.2, 0.25) is 0 Å². The highest BCUT2D eigenvalue weighted by molar-refractivity contribution is 7.99. The Balaban J connectivity index is 2.36. The number of hydrogen-bond donors (Lipinski definition) is 0. The van der Waals surface area contributed by atoms with Gasteiger partial charge in [-0.05, 0) is 12.1 Å². The Hall–Kier alpha value is -1.75. The summed E-state index contributed by atoms with van der Waals surface area (Å²) in [6.45, 7) is 3.70. The second-order valence-corrected chi connectivity index (χ2v) is 3.97. The molecule has 0 amide bonds. The average Bonchev–Trinajstić information content (AvgIpc) is 2.38. The van der Waals surface area contributed by atoms with Gasteiger partial charge in [-0.3, -0.25) is 4.98 Å². The van der Waals surface area contributed by atoms with Gasteiger partial charge in [0.15, 0.2) is 5.82 Å². The van der Waals surface area contributed by atoms with Gasteiger partial charge < -0.3 is 0 Å². The van der Waals surface area contributed by atoms with E-state index in [-0.39, 0.29) is 0 Å². The number of aromatic nitrogens is 4. The van der Waals surface area contributed by atoms with Crippen molar-refractivity contribution < 1.29 is 0 Å². The van der Waals surface area contributed by atoms with E-state index in [1.165, 1.54) is 12.7 Å². The van der Waals surface area contributed by atoms with E-state index in [0.29, 0.717) is 5.82 Å². The zero-order chi connectivity index (χ0) is 11.2. The molecule has 2 rings (SSSR count). The van der Waals surface area contributed by atoms with Crippen molar-refractivity contribution in [3.8, 4) is 11.5 Å². The molecule has 2 heterocycles. The number of rotatable bonds is 4. The van der Waals surface area contributed by atoms with Crippen LogP contribution in [0.15, 0.2) is 48.5 Å². The molecule has 0 aliphatic carbocycles. The van der Waals surface area contributed by atoms with Crippen molar-refractivity contribution in [3.63, 3.8) is 0 Å². The largest absolute Gasteiger partial charge is 0.252 e. The van der Waals surface area contributed by atoms with Gasteiger partial charge in [0.05, 0.1) is 0 Å². The Kier molecular flexibility index (Phi) is 3.61. The fourth-order valence-electron chi connectivity index (χ4n) is 1.19. The van der Waals surface area contributed by atoms with Crippen molar-refractivity contribution >= 4 is 11.8 Å². The topological polar surface area (TPSA) is 51.6 Å². The minimum atomic E-state index is 0.599. The molecular weight excluding hydrogens is 220 g/mol. The van der Waals surface area contributed by atoms with Gasteiger partial charge >= 0.3 is 0 Å². The van der Waals surface area contributed by atoms with Crippen LogP contribution in [0.25, 0.3) is 11.5 Å². The quantitative estimate of drug-likeness (QED) is 0.595. The molecule has 0 unspecified atom stereocenters. The van der Waals surface area contributed by atoms with Gasteiger partial charge in [0.25, 0.3) is 0 Å². The van der Waals surface area contributed by atoms with E-state index in [1.807, 2.05) is 18.2 Å². The standard InChI is InChI=1S/C11H10N4S/c1-2-6-16-9-4-3-5-13-10(9)11-14-7-12-8-15-11/h2-5,7-8H,1,6H2. The molecule has 0 atom stereocenters. The van der Waals surface area contributed by atoms with Gasteiger partial charge in [-0.25, -0.2) is 15.0 Å². The van der Waals surface area contributed by atoms with Crippen LogP contribution in [0, 0.1) is 0 Å². The van der Waals surface area contributed by atoms with Gasteiger partial charge in [0.2, 0.25) is 0 Å². The van der Waals surface area contributed by atoms with Crippen molar-refractivity contribution in [2.24, 2.45) is 0 Å². The molecule has 16 heavy (non-hydrogen) atoms. The van der Waals surface area contributed by atoms with Crippen molar-refractivity contribution in [3.05, 3.63) is 43.6 Å². The van der Waals surface area contributed by atoms with Crippen LogP contribution in [0.1, 0.15) is 0 Å². The molecule has 5 heteroatoms. The maximum atomic E-state index is 4.29. The zero-order valence-corrected chi connectivity index (χ0v) is 9.39. The van der Waals surface area contributed by atoms with E-state index in [2.05, 4.69) is 26.5 Å². The molecule has 0 saturated heterocycles. The first-order chi connectivity index (χ1) is 7.92. The minimum Gasteiger partial charge on any atom is -0.252 e. The molecule has 0 fully saturated rings. The van der Waals surface area contributed by atoms with Crippen LogP contribution >= 0.6 is 11.8 Å². The predicted molar refractivity (Wildman–Crippen MR) is 64.0 cm³/mol. The van der Waals surface area contributed by atoms with Crippen LogP contribution in [0.5, 0.6) is 0 Å². The molecule has 4 nitrogen and oxygen atoms in total. The number of nitrogens with zero attached hydrogens (tertiary/aromatic N) is 4. The molecule has 2 aromatic heterocycles. The SMILES string of the molecule is C=CCSc1cccnc1-c1ncncn1.